The first-order valence-corrected chi connectivity index (χ1v) is 6.35. The second-order valence-electron chi connectivity index (χ2n) is 4.29. The third kappa shape index (κ3) is 1.74. The predicted octanol–water partition coefficient (Wildman–Crippen LogP) is 3.38. The fourth-order valence-electron chi connectivity index (χ4n) is 2.03. The maximum atomic E-state index is 4.61. The van der Waals surface area contributed by atoms with Crippen LogP contribution in [0.5, 0.6) is 0 Å². The summed E-state index contributed by atoms with van der Waals surface area (Å²) in [6.45, 7) is 6.22. The number of hydrogen-bond donors (Lipinski definition) is 0. The molecule has 0 N–H and O–H groups in total. The zero-order valence-electron chi connectivity index (χ0n) is 10.1. The summed E-state index contributed by atoms with van der Waals surface area (Å²) in [6, 6.07) is 6.43. The summed E-state index contributed by atoms with van der Waals surface area (Å²) in [5, 5.41) is 5.42. The molecule has 0 saturated heterocycles. The van der Waals surface area contributed by atoms with Gasteiger partial charge >= 0.3 is 0 Å². The fraction of sp³-hybridized carbons (Fsp3) is 0.231. The van der Waals surface area contributed by atoms with Gasteiger partial charge in [-0.3, -0.25) is 0 Å². The lowest BCUT2D eigenvalue weighted by Gasteiger charge is -2.02. The smallest absolute Gasteiger partial charge is 0.212 e. The zero-order valence-corrected chi connectivity index (χ0v) is 10.9. The first-order chi connectivity index (χ1) is 8.13. The quantitative estimate of drug-likeness (QED) is 0.656. The highest BCUT2D eigenvalue weighted by atomic mass is 32.1. The van der Waals surface area contributed by atoms with Crippen LogP contribution in [-0.2, 0) is 0 Å². The molecule has 3 aromatic rings. The van der Waals surface area contributed by atoms with Gasteiger partial charge in [0.25, 0.3) is 0 Å². The summed E-state index contributed by atoms with van der Waals surface area (Å²) in [4.78, 5) is 5.57. The number of benzene rings is 1. The van der Waals surface area contributed by atoms with E-state index >= 15 is 0 Å². The van der Waals surface area contributed by atoms with E-state index in [1.807, 2.05) is 17.6 Å². The van der Waals surface area contributed by atoms with Gasteiger partial charge in [-0.15, -0.1) is 0 Å². The van der Waals surface area contributed by atoms with Crippen LogP contribution in [0.2, 0.25) is 0 Å². The highest BCUT2D eigenvalue weighted by Gasteiger charge is 2.09. The Morgan fingerprint density at radius 2 is 2.00 bits per heavy atom. The minimum atomic E-state index is 0.956. The molecular formula is C13H13N3S. The molecule has 0 aliphatic rings. The summed E-state index contributed by atoms with van der Waals surface area (Å²) in [5.41, 5.74) is 4.72. The Hall–Kier alpha value is -1.68. The van der Waals surface area contributed by atoms with Crippen molar-refractivity contribution in [3.05, 3.63) is 40.5 Å². The molecule has 0 atom stereocenters. The first-order valence-electron chi connectivity index (χ1n) is 5.54. The zero-order chi connectivity index (χ0) is 12.0. The third-order valence-corrected chi connectivity index (χ3v) is 3.64. The number of nitrogens with zero attached hydrogens (tertiary/aromatic N) is 3. The molecule has 0 fully saturated rings. The first kappa shape index (κ1) is 10.5. The second kappa shape index (κ2) is 3.67. The van der Waals surface area contributed by atoms with Gasteiger partial charge < -0.3 is 0 Å². The summed E-state index contributed by atoms with van der Waals surface area (Å²) in [7, 11) is 0. The Morgan fingerprint density at radius 1 is 1.18 bits per heavy atom. The van der Waals surface area contributed by atoms with Crippen LogP contribution in [0.15, 0.2) is 24.4 Å². The van der Waals surface area contributed by atoms with Crippen molar-refractivity contribution in [2.45, 2.75) is 20.8 Å². The van der Waals surface area contributed by atoms with E-state index in [4.69, 9.17) is 0 Å². The van der Waals surface area contributed by atoms with Crippen molar-refractivity contribution >= 4 is 16.3 Å². The number of rotatable bonds is 1. The average Bonchev–Trinajstić information content (AvgIpc) is 2.74. The molecule has 0 spiro atoms. The second-order valence-corrected chi connectivity index (χ2v) is 5.45. The highest BCUT2D eigenvalue weighted by Crippen LogP contribution is 2.25. The lowest BCUT2D eigenvalue weighted by atomic mass is 10.0. The average molecular weight is 243 g/mol. The van der Waals surface area contributed by atoms with Crippen LogP contribution in [0.4, 0.5) is 0 Å². The monoisotopic (exact) mass is 243 g/mol. The minimum absolute atomic E-state index is 0.956. The largest absolute Gasteiger partial charge is 0.217 e. The van der Waals surface area contributed by atoms with Crippen molar-refractivity contribution in [3.8, 4) is 11.3 Å². The molecule has 0 amide bonds. The maximum absolute atomic E-state index is 4.61. The molecule has 86 valence electrons. The van der Waals surface area contributed by atoms with Gasteiger partial charge in [0.2, 0.25) is 4.96 Å². The molecule has 17 heavy (non-hydrogen) atoms. The van der Waals surface area contributed by atoms with E-state index < -0.39 is 0 Å². The van der Waals surface area contributed by atoms with E-state index in [-0.39, 0.29) is 0 Å². The van der Waals surface area contributed by atoms with E-state index in [9.17, 15) is 0 Å². The fourth-order valence-corrected chi connectivity index (χ4v) is 2.75. The summed E-state index contributed by atoms with van der Waals surface area (Å²) >= 11 is 1.62. The number of imidazole rings is 1. The highest BCUT2D eigenvalue weighted by molar-refractivity contribution is 7.16. The molecule has 1 aromatic carbocycles. The molecule has 4 heteroatoms. The van der Waals surface area contributed by atoms with E-state index in [1.54, 1.807) is 11.3 Å². The van der Waals surface area contributed by atoms with E-state index in [0.717, 1.165) is 15.7 Å². The van der Waals surface area contributed by atoms with Crippen LogP contribution in [0.25, 0.3) is 16.2 Å². The summed E-state index contributed by atoms with van der Waals surface area (Å²) < 4.78 is 1.86. The lowest BCUT2D eigenvalue weighted by molar-refractivity contribution is 0.946. The van der Waals surface area contributed by atoms with Crippen LogP contribution >= 0.6 is 11.3 Å². The minimum Gasteiger partial charge on any atom is -0.217 e. The molecule has 0 aliphatic carbocycles. The molecule has 3 rings (SSSR count). The van der Waals surface area contributed by atoms with Gasteiger partial charge in [0.1, 0.15) is 5.01 Å². The molecular weight excluding hydrogens is 230 g/mol. The summed E-state index contributed by atoms with van der Waals surface area (Å²) in [5.74, 6) is 0. The van der Waals surface area contributed by atoms with Crippen LogP contribution in [0.3, 0.4) is 0 Å². The Balaban J connectivity index is 2.16. The molecule has 0 radical (unpaired) electrons. The topological polar surface area (TPSA) is 30.2 Å². The Morgan fingerprint density at radius 3 is 2.71 bits per heavy atom. The standard InChI is InChI=1S/C13H13N3S/c1-8-4-5-11(9(2)6-8)12-7-16-13(14-12)17-10(3)15-16/h4-7H,1-3H3. The summed E-state index contributed by atoms with van der Waals surface area (Å²) in [6.07, 6.45) is 2.00. The maximum Gasteiger partial charge on any atom is 0.212 e. The van der Waals surface area contributed by atoms with Crippen molar-refractivity contribution in [1.29, 1.82) is 0 Å². The molecule has 0 saturated carbocycles. The SMILES string of the molecule is Cc1ccc(-c2cn3nc(C)sc3n2)c(C)c1. The number of hydrogen-bond acceptors (Lipinski definition) is 3. The number of aryl methyl sites for hydroxylation is 3. The molecule has 0 aliphatic heterocycles. The number of aromatic nitrogens is 3. The van der Waals surface area contributed by atoms with Crippen molar-refractivity contribution in [2.75, 3.05) is 0 Å². The third-order valence-electron chi connectivity index (χ3n) is 2.80. The van der Waals surface area contributed by atoms with E-state index in [2.05, 4.69) is 42.1 Å². The molecule has 0 unspecified atom stereocenters. The molecule has 3 nitrogen and oxygen atoms in total. The Bertz CT molecular complexity index is 662. The van der Waals surface area contributed by atoms with Gasteiger partial charge in [-0.2, -0.15) is 5.10 Å². The van der Waals surface area contributed by atoms with Gasteiger partial charge in [0.15, 0.2) is 0 Å². The molecule has 2 heterocycles. The normalized spacial score (nSPS) is 11.2. The van der Waals surface area contributed by atoms with Crippen molar-refractivity contribution in [1.82, 2.24) is 14.6 Å². The van der Waals surface area contributed by atoms with E-state index in [0.29, 0.717) is 0 Å². The Labute approximate surface area is 104 Å². The van der Waals surface area contributed by atoms with Crippen molar-refractivity contribution < 1.29 is 0 Å². The Kier molecular flexibility index (Phi) is 2.26. The van der Waals surface area contributed by atoms with Gasteiger partial charge in [-0.25, -0.2) is 9.50 Å². The van der Waals surface area contributed by atoms with Crippen LogP contribution < -0.4 is 0 Å². The van der Waals surface area contributed by atoms with Gasteiger partial charge in [0.05, 0.1) is 11.9 Å². The predicted molar refractivity (Wildman–Crippen MR) is 70.5 cm³/mol. The van der Waals surface area contributed by atoms with Gasteiger partial charge in [-0.1, -0.05) is 35.1 Å². The van der Waals surface area contributed by atoms with E-state index in [1.165, 1.54) is 16.7 Å². The molecule has 2 aromatic heterocycles. The lowest BCUT2D eigenvalue weighted by Crippen LogP contribution is -1.85. The van der Waals surface area contributed by atoms with Gasteiger partial charge in [0, 0.05) is 5.56 Å². The van der Waals surface area contributed by atoms with Crippen molar-refractivity contribution in [3.63, 3.8) is 0 Å². The van der Waals surface area contributed by atoms with Crippen LogP contribution in [0.1, 0.15) is 16.1 Å². The van der Waals surface area contributed by atoms with Crippen LogP contribution in [-0.4, -0.2) is 14.6 Å². The van der Waals surface area contributed by atoms with Crippen molar-refractivity contribution in [2.24, 2.45) is 0 Å². The van der Waals surface area contributed by atoms with Gasteiger partial charge in [-0.05, 0) is 26.3 Å². The van der Waals surface area contributed by atoms with Crippen LogP contribution in [0, 0.1) is 20.8 Å². The molecule has 0 bridgehead atoms. The number of fused-ring (bicyclic) bond motifs is 1.